The van der Waals surface area contributed by atoms with Gasteiger partial charge in [-0.25, -0.2) is 0 Å². The highest BCUT2D eigenvalue weighted by Crippen LogP contribution is 2.12. The predicted octanol–water partition coefficient (Wildman–Crippen LogP) is 1.34. The van der Waals surface area contributed by atoms with Crippen molar-refractivity contribution < 1.29 is 4.74 Å². The Hall–Kier alpha value is -0.570. The molecule has 0 aromatic heterocycles. The Kier molecular flexibility index (Phi) is 3.19. The third kappa shape index (κ3) is 2.69. The molecule has 74 valence electrons. The van der Waals surface area contributed by atoms with Crippen LogP contribution in [0, 0.1) is 0 Å². The van der Waals surface area contributed by atoms with Crippen molar-refractivity contribution in [1.82, 2.24) is 5.32 Å². The van der Waals surface area contributed by atoms with Gasteiger partial charge in [0.15, 0.2) is 5.90 Å². The van der Waals surface area contributed by atoms with E-state index in [-0.39, 0.29) is 0 Å². The van der Waals surface area contributed by atoms with Gasteiger partial charge in [-0.05, 0) is 19.4 Å². The van der Waals surface area contributed by atoms with Crippen LogP contribution in [0.5, 0.6) is 0 Å². The lowest BCUT2D eigenvalue weighted by molar-refractivity contribution is 0.264. The van der Waals surface area contributed by atoms with E-state index < -0.39 is 0 Å². The molecule has 2 aliphatic heterocycles. The summed E-state index contributed by atoms with van der Waals surface area (Å²) in [5.74, 6) is 0.977. The van der Waals surface area contributed by atoms with Crippen molar-refractivity contribution in [2.45, 2.75) is 38.1 Å². The Morgan fingerprint density at radius 1 is 1.38 bits per heavy atom. The van der Waals surface area contributed by atoms with Crippen LogP contribution in [-0.2, 0) is 4.74 Å². The molecular weight excluding hydrogens is 164 g/mol. The van der Waals surface area contributed by atoms with Crippen molar-refractivity contribution in [3.8, 4) is 0 Å². The fourth-order valence-corrected chi connectivity index (χ4v) is 1.94. The maximum absolute atomic E-state index is 5.49. The van der Waals surface area contributed by atoms with E-state index >= 15 is 0 Å². The Bertz CT molecular complexity index is 185. The monoisotopic (exact) mass is 182 g/mol. The van der Waals surface area contributed by atoms with Gasteiger partial charge in [0.25, 0.3) is 0 Å². The van der Waals surface area contributed by atoms with Crippen LogP contribution >= 0.6 is 0 Å². The summed E-state index contributed by atoms with van der Waals surface area (Å²) in [5, 5.41) is 3.51. The summed E-state index contributed by atoms with van der Waals surface area (Å²) in [4.78, 5) is 4.38. The fraction of sp³-hybridized carbons (Fsp3) is 0.900. The van der Waals surface area contributed by atoms with Crippen molar-refractivity contribution in [3.63, 3.8) is 0 Å². The van der Waals surface area contributed by atoms with E-state index in [1.165, 1.54) is 19.3 Å². The van der Waals surface area contributed by atoms with Crippen LogP contribution in [0.25, 0.3) is 0 Å². The predicted molar refractivity (Wildman–Crippen MR) is 53.1 cm³/mol. The van der Waals surface area contributed by atoms with Gasteiger partial charge in [0, 0.05) is 25.4 Å². The highest BCUT2D eigenvalue weighted by atomic mass is 16.5. The van der Waals surface area contributed by atoms with Gasteiger partial charge in [-0.1, -0.05) is 6.42 Å². The quantitative estimate of drug-likeness (QED) is 0.699. The van der Waals surface area contributed by atoms with Crippen molar-refractivity contribution >= 4 is 5.90 Å². The molecule has 0 radical (unpaired) electrons. The van der Waals surface area contributed by atoms with E-state index in [0.717, 1.165) is 38.4 Å². The molecule has 3 heteroatoms. The molecular formula is C10H18N2O. The zero-order valence-electron chi connectivity index (χ0n) is 8.09. The molecule has 0 bridgehead atoms. The van der Waals surface area contributed by atoms with E-state index in [1.54, 1.807) is 0 Å². The number of ether oxygens (including phenoxy) is 1. The minimum absolute atomic E-state index is 0.616. The Morgan fingerprint density at radius 3 is 3.08 bits per heavy atom. The molecule has 13 heavy (non-hydrogen) atoms. The highest BCUT2D eigenvalue weighted by molar-refractivity contribution is 5.77. The second kappa shape index (κ2) is 4.61. The molecule has 0 aliphatic carbocycles. The second-order valence-electron chi connectivity index (χ2n) is 3.83. The van der Waals surface area contributed by atoms with Crippen LogP contribution < -0.4 is 5.32 Å². The molecule has 1 atom stereocenters. The average molecular weight is 182 g/mol. The summed E-state index contributed by atoms with van der Waals surface area (Å²) >= 11 is 0. The van der Waals surface area contributed by atoms with Crippen molar-refractivity contribution in [2.24, 2.45) is 4.99 Å². The maximum Gasteiger partial charge on any atom is 0.184 e. The fourth-order valence-electron chi connectivity index (χ4n) is 1.94. The number of aliphatic imine (C=N–C) groups is 1. The Labute approximate surface area is 79.6 Å². The molecule has 0 spiro atoms. The number of nitrogens with one attached hydrogen (secondary N) is 1. The van der Waals surface area contributed by atoms with E-state index in [9.17, 15) is 0 Å². The van der Waals surface area contributed by atoms with Crippen molar-refractivity contribution in [3.05, 3.63) is 0 Å². The molecule has 0 saturated carbocycles. The zero-order valence-corrected chi connectivity index (χ0v) is 8.09. The minimum Gasteiger partial charge on any atom is -0.481 e. The molecule has 1 unspecified atom stereocenters. The van der Waals surface area contributed by atoms with Crippen LogP contribution in [0.4, 0.5) is 0 Å². The third-order valence-electron chi connectivity index (χ3n) is 2.69. The molecule has 0 amide bonds. The summed E-state index contributed by atoms with van der Waals surface area (Å²) in [6.07, 6.45) is 6.04. The van der Waals surface area contributed by atoms with Crippen molar-refractivity contribution in [1.29, 1.82) is 0 Å². The largest absolute Gasteiger partial charge is 0.481 e. The highest BCUT2D eigenvalue weighted by Gasteiger charge is 2.16. The lowest BCUT2D eigenvalue weighted by Crippen LogP contribution is -2.36. The van der Waals surface area contributed by atoms with Crippen LogP contribution in [0.1, 0.15) is 32.1 Å². The molecule has 2 rings (SSSR count). The molecule has 0 aromatic carbocycles. The summed E-state index contributed by atoms with van der Waals surface area (Å²) in [6.45, 7) is 2.99. The Morgan fingerprint density at radius 2 is 2.38 bits per heavy atom. The van der Waals surface area contributed by atoms with Gasteiger partial charge in [0.05, 0.1) is 6.61 Å². The summed E-state index contributed by atoms with van der Waals surface area (Å²) in [7, 11) is 0. The first-order valence-corrected chi connectivity index (χ1v) is 5.34. The first-order valence-electron chi connectivity index (χ1n) is 5.34. The van der Waals surface area contributed by atoms with E-state index in [2.05, 4.69) is 10.3 Å². The molecule has 1 N–H and O–H groups in total. The SMILES string of the molecule is C1CCC(CC2=NCCCO2)NC1. The number of nitrogens with zero attached hydrogens (tertiary/aromatic N) is 1. The molecule has 1 saturated heterocycles. The zero-order chi connectivity index (χ0) is 8.93. The van der Waals surface area contributed by atoms with Crippen LogP contribution in [0.15, 0.2) is 4.99 Å². The van der Waals surface area contributed by atoms with Gasteiger partial charge in [0.1, 0.15) is 0 Å². The van der Waals surface area contributed by atoms with E-state index in [1.807, 2.05) is 0 Å². The second-order valence-corrected chi connectivity index (χ2v) is 3.83. The van der Waals surface area contributed by atoms with Crippen LogP contribution in [-0.4, -0.2) is 31.6 Å². The number of hydrogen-bond donors (Lipinski definition) is 1. The first kappa shape index (κ1) is 9.00. The smallest absolute Gasteiger partial charge is 0.184 e. The average Bonchev–Trinajstić information content (AvgIpc) is 2.21. The van der Waals surface area contributed by atoms with Gasteiger partial charge in [0.2, 0.25) is 0 Å². The Balaban J connectivity index is 1.78. The lowest BCUT2D eigenvalue weighted by Gasteiger charge is -2.24. The molecule has 2 aliphatic rings. The van der Waals surface area contributed by atoms with E-state index in [4.69, 9.17) is 4.74 Å². The summed E-state index contributed by atoms with van der Waals surface area (Å²) in [6, 6.07) is 0.616. The van der Waals surface area contributed by atoms with Gasteiger partial charge in [-0.3, -0.25) is 4.99 Å². The number of piperidine rings is 1. The van der Waals surface area contributed by atoms with Gasteiger partial charge >= 0.3 is 0 Å². The van der Waals surface area contributed by atoms with E-state index in [0.29, 0.717) is 6.04 Å². The minimum atomic E-state index is 0.616. The molecule has 2 heterocycles. The lowest BCUT2D eigenvalue weighted by atomic mass is 10.0. The number of hydrogen-bond acceptors (Lipinski definition) is 3. The number of rotatable bonds is 2. The van der Waals surface area contributed by atoms with Crippen LogP contribution in [0.2, 0.25) is 0 Å². The van der Waals surface area contributed by atoms with Crippen LogP contribution in [0.3, 0.4) is 0 Å². The summed E-state index contributed by atoms with van der Waals surface area (Å²) < 4.78 is 5.49. The topological polar surface area (TPSA) is 33.6 Å². The van der Waals surface area contributed by atoms with Gasteiger partial charge in [-0.2, -0.15) is 0 Å². The molecule has 1 fully saturated rings. The van der Waals surface area contributed by atoms with Crippen molar-refractivity contribution in [2.75, 3.05) is 19.7 Å². The standard InChI is InChI=1S/C10H18N2O/c1-2-5-11-9(4-1)8-10-12-6-3-7-13-10/h9,11H,1-8H2. The normalized spacial score (nSPS) is 29.2. The van der Waals surface area contributed by atoms with Gasteiger partial charge < -0.3 is 10.1 Å². The maximum atomic E-state index is 5.49. The summed E-state index contributed by atoms with van der Waals surface area (Å²) in [5.41, 5.74) is 0. The third-order valence-corrected chi connectivity index (χ3v) is 2.69. The molecule has 0 aromatic rings. The molecule has 3 nitrogen and oxygen atoms in total. The van der Waals surface area contributed by atoms with Gasteiger partial charge in [-0.15, -0.1) is 0 Å². The first-order chi connectivity index (χ1) is 6.45.